The zero-order valence-corrected chi connectivity index (χ0v) is 16.3. The molecule has 0 radical (unpaired) electrons. The second-order valence-electron chi connectivity index (χ2n) is 5.75. The van der Waals surface area contributed by atoms with Crippen molar-refractivity contribution in [2.24, 2.45) is 10.2 Å². The molecule has 3 N–H and O–H groups in total. The minimum Gasteiger partial charge on any atom is -0.508 e. The maximum atomic E-state index is 12.0. The van der Waals surface area contributed by atoms with Crippen LogP contribution in [0.1, 0.15) is 20.7 Å². The third-order valence-corrected chi connectivity index (χ3v) is 4.21. The highest BCUT2D eigenvalue weighted by Crippen LogP contribution is 2.24. The second kappa shape index (κ2) is 8.98. The number of hydrogen-bond donors (Lipinski definition) is 3. The van der Waals surface area contributed by atoms with E-state index in [-0.39, 0.29) is 17.1 Å². The summed E-state index contributed by atoms with van der Waals surface area (Å²) in [5, 5.41) is 26.2. The van der Waals surface area contributed by atoms with E-state index in [1.807, 2.05) is 0 Å². The van der Waals surface area contributed by atoms with E-state index in [1.54, 1.807) is 48.5 Å². The smallest absolute Gasteiger partial charge is 0.362 e. The number of halogens is 1. The van der Waals surface area contributed by atoms with Gasteiger partial charge in [-0.1, -0.05) is 15.9 Å². The van der Waals surface area contributed by atoms with E-state index < -0.39 is 11.9 Å². The molecule has 0 atom stereocenters. The van der Waals surface area contributed by atoms with Gasteiger partial charge in [0.1, 0.15) is 11.5 Å². The molecule has 0 heterocycles. The summed E-state index contributed by atoms with van der Waals surface area (Å²) in [6, 6.07) is 16.6. The molecule has 9 heteroatoms. The number of nitrogens with one attached hydrogen (secondary N) is 1. The van der Waals surface area contributed by atoms with Gasteiger partial charge < -0.3 is 15.1 Å². The molecule has 0 saturated heterocycles. The van der Waals surface area contributed by atoms with Gasteiger partial charge in [-0.15, -0.1) is 10.2 Å². The second-order valence-corrected chi connectivity index (χ2v) is 6.67. The Balaban J connectivity index is 1.58. The molecular weight excluding hydrogens is 442 g/mol. The highest BCUT2D eigenvalue weighted by molar-refractivity contribution is 9.10. The van der Waals surface area contributed by atoms with Gasteiger partial charge in [-0.3, -0.25) is 4.79 Å². The first-order valence-corrected chi connectivity index (χ1v) is 9.02. The number of benzene rings is 3. The number of amides is 1. The van der Waals surface area contributed by atoms with Gasteiger partial charge in [-0.05, 0) is 60.7 Å². The van der Waals surface area contributed by atoms with Crippen LogP contribution >= 0.6 is 15.9 Å². The fourth-order valence-electron chi connectivity index (χ4n) is 2.20. The van der Waals surface area contributed by atoms with Crippen LogP contribution in [-0.4, -0.2) is 22.1 Å². The van der Waals surface area contributed by atoms with Gasteiger partial charge in [0, 0.05) is 10.5 Å². The lowest BCUT2D eigenvalue weighted by Crippen LogP contribution is -2.10. The van der Waals surface area contributed by atoms with Crippen molar-refractivity contribution in [1.29, 1.82) is 0 Å². The molecule has 3 rings (SSSR count). The molecule has 1 amide bonds. The highest BCUT2D eigenvalue weighted by Gasteiger charge is 2.11. The van der Waals surface area contributed by atoms with Crippen LogP contribution in [-0.2, 0) is 4.84 Å². The Labute approximate surface area is 173 Å². The van der Waals surface area contributed by atoms with E-state index in [0.717, 1.165) is 10.5 Å². The summed E-state index contributed by atoms with van der Waals surface area (Å²) in [4.78, 5) is 28.9. The van der Waals surface area contributed by atoms with Gasteiger partial charge >= 0.3 is 5.97 Å². The topological polar surface area (TPSA) is 121 Å². The molecule has 8 nitrogen and oxygen atoms in total. The third-order valence-electron chi connectivity index (χ3n) is 3.68. The molecule has 0 saturated carbocycles. The van der Waals surface area contributed by atoms with Gasteiger partial charge in [0.2, 0.25) is 0 Å². The van der Waals surface area contributed by atoms with Crippen LogP contribution in [0.3, 0.4) is 0 Å². The lowest BCUT2D eigenvalue weighted by Gasteiger charge is -2.07. The molecule has 0 unspecified atom stereocenters. The van der Waals surface area contributed by atoms with Crippen molar-refractivity contribution in [3.05, 3.63) is 82.3 Å². The van der Waals surface area contributed by atoms with Crippen LogP contribution in [0.2, 0.25) is 0 Å². The molecule has 0 aliphatic carbocycles. The molecule has 0 spiro atoms. The summed E-state index contributed by atoms with van der Waals surface area (Å²) in [6.45, 7) is 0. The standard InChI is InChI=1S/C20H14BrN3O5/c21-13-3-1-12(2-4-13)20(28)29-24-15-7-5-14(6-8-15)22-23-19(27)17-10-9-16(25)11-18(17)26/h1-11,24-26H. The average molecular weight is 456 g/mol. The number of nitrogens with zero attached hydrogens (tertiary/aromatic N) is 2. The zero-order valence-electron chi connectivity index (χ0n) is 14.7. The summed E-state index contributed by atoms with van der Waals surface area (Å²) in [6.07, 6.45) is 0. The highest BCUT2D eigenvalue weighted by atomic mass is 79.9. The molecule has 3 aromatic carbocycles. The number of carbonyl (C=O) groups is 2. The quantitative estimate of drug-likeness (QED) is 0.368. The molecule has 0 aliphatic heterocycles. The number of hydrogen-bond acceptors (Lipinski definition) is 7. The number of rotatable bonds is 5. The van der Waals surface area contributed by atoms with Gasteiger partial charge in [0.15, 0.2) is 0 Å². The molecular formula is C20H14BrN3O5. The Hall–Kier alpha value is -3.72. The SMILES string of the molecule is O=C(ONc1ccc(N=NC(=O)c2ccc(O)cc2O)cc1)c1ccc(Br)cc1. The predicted molar refractivity (Wildman–Crippen MR) is 108 cm³/mol. The molecule has 0 aliphatic rings. The van der Waals surface area contributed by atoms with Crippen molar-refractivity contribution < 1.29 is 24.6 Å². The zero-order chi connectivity index (χ0) is 20.8. The van der Waals surface area contributed by atoms with Crippen molar-refractivity contribution in [2.75, 3.05) is 5.48 Å². The first-order valence-electron chi connectivity index (χ1n) is 8.23. The number of azo groups is 1. The predicted octanol–water partition coefficient (Wildman–Crippen LogP) is 4.97. The Morgan fingerprint density at radius 2 is 1.62 bits per heavy atom. The Morgan fingerprint density at radius 3 is 2.28 bits per heavy atom. The Bertz CT molecular complexity index is 1070. The number of anilines is 1. The number of aromatic hydroxyl groups is 2. The lowest BCUT2D eigenvalue weighted by molar-refractivity contribution is 0.0596. The summed E-state index contributed by atoms with van der Waals surface area (Å²) in [7, 11) is 0. The van der Waals surface area contributed by atoms with Gasteiger partial charge in [0.25, 0.3) is 5.91 Å². The van der Waals surface area contributed by atoms with Gasteiger partial charge in [-0.2, -0.15) is 0 Å². The van der Waals surface area contributed by atoms with Crippen molar-refractivity contribution in [3.63, 3.8) is 0 Å². The minimum atomic E-state index is -0.756. The van der Waals surface area contributed by atoms with Crippen molar-refractivity contribution in [1.82, 2.24) is 0 Å². The van der Waals surface area contributed by atoms with E-state index in [0.29, 0.717) is 16.9 Å². The first kappa shape index (κ1) is 20.0. The Morgan fingerprint density at radius 1 is 0.931 bits per heavy atom. The monoisotopic (exact) mass is 455 g/mol. The fraction of sp³-hybridized carbons (Fsp3) is 0. The van der Waals surface area contributed by atoms with Crippen LogP contribution in [0.15, 0.2) is 81.4 Å². The van der Waals surface area contributed by atoms with Crippen molar-refractivity contribution in [3.8, 4) is 11.5 Å². The number of phenolic OH excluding ortho intramolecular Hbond substituents is 2. The van der Waals surface area contributed by atoms with Gasteiger partial charge in [0.05, 0.1) is 22.5 Å². The maximum Gasteiger partial charge on any atom is 0.362 e. The normalized spacial score (nSPS) is 10.7. The summed E-state index contributed by atoms with van der Waals surface area (Å²) < 4.78 is 0.853. The van der Waals surface area contributed by atoms with Crippen LogP contribution in [0, 0.1) is 0 Å². The summed E-state index contributed by atoms with van der Waals surface area (Å²) in [5.74, 6) is -1.85. The van der Waals surface area contributed by atoms with Crippen LogP contribution in [0.4, 0.5) is 11.4 Å². The van der Waals surface area contributed by atoms with Crippen molar-refractivity contribution in [2.45, 2.75) is 0 Å². The molecule has 0 bridgehead atoms. The molecule has 29 heavy (non-hydrogen) atoms. The van der Waals surface area contributed by atoms with Crippen LogP contribution in [0.5, 0.6) is 11.5 Å². The van der Waals surface area contributed by atoms with E-state index >= 15 is 0 Å². The number of phenols is 2. The lowest BCUT2D eigenvalue weighted by atomic mass is 10.2. The Kier molecular flexibility index (Phi) is 6.20. The average Bonchev–Trinajstić information content (AvgIpc) is 2.71. The molecule has 0 aromatic heterocycles. The van der Waals surface area contributed by atoms with Crippen LogP contribution < -0.4 is 5.48 Å². The third kappa shape index (κ3) is 5.39. The summed E-state index contributed by atoms with van der Waals surface area (Å²) in [5.41, 5.74) is 3.72. The van der Waals surface area contributed by atoms with E-state index in [4.69, 9.17) is 4.84 Å². The van der Waals surface area contributed by atoms with E-state index in [1.165, 1.54) is 12.1 Å². The van der Waals surface area contributed by atoms with E-state index in [9.17, 15) is 19.8 Å². The minimum absolute atomic E-state index is 0.0790. The van der Waals surface area contributed by atoms with Crippen LogP contribution in [0.25, 0.3) is 0 Å². The molecule has 3 aromatic rings. The van der Waals surface area contributed by atoms with E-state index in [2.05, 4.69) is 31.6 Å². The largest absolute Gasteiger partial charge is 0.508 e. The first-order chi connectivity index (χ1) is 13.9. The summed E-state index contributed by atoms with van der Waals surface area (Å²) >= 11 is 3.29. The maximum absolute atomic E-state index is 12.0. The number of carbonyl (C=O) groups excluding carboxylic acids is 2. The molecule has 146 valence electrons. The molecule has 0 fully saturated rings. The fourth-order valence-corrected chi connectivity index (χ4v) is 2.47. The van der Waals surface area contributed by atoms with Crippen molar-refractivity contribution >= 4 is 39.2 Å². The van der Waals surface area contributed by atoms with Gasteiger partial charge in [-0.25, -0.2) is 10.3 Å².